The molecule has 0 bridgehead atoms. The summed E-state index contributed by atoms with van der Waals surface area (Å²) in [4.78, 5) is 1.01. The van der Waals surface area contributed by atoms with Gasteiger partial charge in [-0.3, -0.25) is 0 Å². The molecule has 1 aromatic heterocycles. The van der Waals surface area contributed by atoms with Gasteiger partial charge in [-0.1, -0.05) is 6.92 Å². The standard InChI is InChI=1S/C14H17FN2O2S2/c1-2-10-5-6-20-14(10)9-17-21(18,19)12-3-4-13(15)11(7-12)8-16/h3-7,17H,2,8-9,16H2,1H3. The molecule has 0 unspecified atom stereocenters. The lowest BCUT2D eigenvalue weighted by atomic mass is 10.2. The lowest BCUT2D eigenvalue weighted by molar-refractivity contribution is 0.579. The maximum atomic E-state index is 13.4. The molecule has 4 nitrogen and oxygen atoms in total. The molecule has 114 valence electrons. The van der Waals surface area contributed by atoms with Crippen LogP contribution in [0.25, 0.3) is 0 Å². The van der Waals surface area contributed by atoms with Crippen LogP contribution in [0.1, 0.15) is 22.9 Å². The van der Waals surface area contributed by atoms with E-state index in [2.05, 4.69) is 4.72 Å². The van der Waals surface area contributed by atoms with Gasteiger partial charge in [0.15, 0.2) is 0 Å². The van der Waals surface area contributed by atoms with Crippen molar-refractivity contribution >= 4 is 21.4 Å². The van der Waals surface area contributed by atoms with Crippen LogP contribution >= 0.6 is 11.3 Å². The van der Waals surface area contributed by atoms with E-state index >= 15 is 0 Å². The van der Waals surface area contributed by atoms with Crippen molar-refractivity contribution in [3.63, 3.8) is 0 Å². The normalized spacial score (nSPS) is 11.8. The van der Waals surface area contributed by atoms with Gasteiger partial charge < -0.3 is 5.73 Å². The Balaban J connectivity index is 2.19. The Bertz CT molecular complexity index is 726. The quantitative estimate of drug-likeness (QED) is 0.855. The van der Waals surface area contributed by atoms with Crippen LogP contribution in [-0.4, -0.2) is 8.42 Å². The van der Waals surface area contributed by atoms with Crippen molar-refractivity contribution in [2.75, 3.05) is 0 Å². The molecule has 21 heavy (non-hydrogen) atoms. The van der Waals surface area contributed by atoms with E-state index in [0.29, 0.717) is 0 Å². The van der Waals surface area contributed by atoms with Crippen molar-refractivity contribution in [3.05, 3.63) is 51.5 Å². The van der Waals surface area contributed by atoms with Gasteiger partial charge in [0.25, 0.3) is 0 Å². The predicted octanol–water partition coefficient (Wildman–Crippen LogP) is 2.39. The molecule has 0 amide bonds. The number of hydrogen-bond acceptors (Lipinski definition) is 4. The fourth-order valence-electron chi connectivity index (χ4n) is 1.96. The SMILES string of the molecule is CCc1ccsc1CNS(=O)(=O)c1ccc(F)c(CN)c1. The minimum Gasteiger partial charge on any atom is -0.326 e. The summed E-state index contributed by atoms with van der Waals surface area (Å²) in [6.07, 6.45) is 0.856. The van der Waals surface area contributed by atoms with Gasteiger partial charge in [-0.25, -0.2) is 17.5 Å². The summed E-state index contributed by atoms with van der Waals surface area (Å²) in [5.74, 6) is -0.497. The van der Waals surface area contributed by atoms with Gasteiger partial charge in [0.2, 0.25) is 10.0 Å². The summed E-state index contributed by atoms with van der Waals surface area (Å²) >= 11 is 1.51. The number of benzene rings is 1. The van der Waals surface area contributed by atoms with Gasteiger partial charge >= 0.3 is 0 Å². The topological polar surface area (TPSA) is 72.2 Å². The second-order valence-corrected chi connectivity index (χ2v) is 7.27. The minimum absolute atomic E-state index is 0.0268. The molecule has 0 aliphatic rings. The van der Waals surface area contributed by atoms with Crippen LogP contribution in [0.5, 0.6) is 0 Å². The highest BCUT2D eigenvalue weighted by Crippen LogP contribution is 2.19. The van der Waals surface area contributed by atoms with Gasteiger partial charge in [0.1, 0.15) is 5.82 Å². The number of nitrogens with one attached hydrogen (secondary N) is 1. The van der Waals surface area contributed by atoms with Gasteiger partial charge in [-0.2, -0.15) is 0 Å². The van der Waals surface area contributed by atoms with Crippen molar-refractivity contribution in [1.29, 1.82) is 0 Å². The lowest BCUT2D eigenvalue weighted by Crippen LogP contribution is -2.23. The summed E-state index contributed by atoms with van der Waals surface area (Å²) in [6, 6.07) is 5.62. The van der Waals surface area contributed by atoms with Gasteiger partial charge in [-0.05, 0) is 41.6 Å². The van der Waals surface area contributed by atoms with Crippen molar-refractivity contribution in [1.82, 2.24) is 4.72 Å². The number of nitrogens with two attached hydrogens (primary N) is 1. The van der Waals surface area contributed by atoms with Crippen LogP contribution in [0.15, 0.2) is 34.5 Å². The summed E-state index contributed by atoms with van der Waals surface area (Å²) < 4.78 is 40.4. The zero-order chi connectivity index (χ0) is 15.5. The first-order chi connectivity index (χ1) is 9.97. The summed E-state index contributed by atoms with van der Waals surface area (Å²) in [5.41, 5.74) is 6.71. The average molecular weight is 328 g/mol. The Morgan fingerprint density at radius 3 is 2.71 bits per heavy atom. The van der Waals surface area contributed by atoms with Crippen molar-refractivity contribution in [3.8, 4) is 0 Å². The van der Waals surface area contributed by atoms with Crippen molar-refractivity contribution < 1.29 is 12.8 Å². The van der Waals surface area contributed by atoms with Crippen LogP contribution in [0.2, 0.25) is 0 Å². The van der Waals surface area contributed by atoms with E-state index in [0.717, 1.165) is 22.9 Å². The number of sulfonamides is 1. The highest BCUT2D eigenvalue weighted by Gasteiger charge is 2.16. The highest BCUT2D eigenvalue weighted by atomic mass is 32.2. The van der Waals surface area contributed by atoms with Crippen molar-refractivity contribution in [2.24, 2.45) is 5.73 Å². The minimum atomic E-state index is -3.68. The zero-order valence-electron chi connectivity index (χ0n) is 11.6. The van der Waals surface area contributed by atoms with E-state index in [1.807, 2.05) is 18.4 Å². The Labute approximate surface area is 127 Å². The first-order valence-electron chi connectivity index (χ1n) is 6.51. The van der Waals surface area contributed by atoms with E-state index in [-0.39, 0.29) is 23.5 Å². The first-order valence-corrected chi connectivity index (χ1v) is 8.87. The van der Waals surface area contributed by atoms with E-state index in [1.165, 1.54) is 23.5 Å². The van der Waals surface area contributed by atoms with Gasteiger partial charge in [0.05, 0.1) is 4.90 Å². The number of aryl methyl sites for hydroxylation is 1. The summed E-state index contributed by atoms with van der Waals surface area (Å²) in [6.45, 7) is 2.21. The van der Waals surface area contributed by atoms with Crippen LogP contribution in [0, 0.1) is 5.82 Å². The highest BCUT2D eigenvalue weighted by molar-refractivity contribution is 7.89. The monoisotopic (exact) mass is 328 g/mol. The molecule has 2 rings (SSSR count). The molecule has 2 aromatic rings. The molecular formula is C14H17FN2O2S2. The molecule has 0 atom stereocenters. The Morgan fingerprint density at radius 1 is 1.29 bits per heavy atom. The molecule has 0 spiro atoms. The summed E-state index contributed by atoms with van der Waals surface area (Å²) in [5, 5.41) is 1.94. The zero-order valence-corrected chi connectivity index (χ0v) is 13.2. The molecule has 0 radical (unpaired) electrons. The van der Waals surface area contributed by atoms with Crippen LogP contribution in [0.4, 0.5) is 4.39 Å². The Morgan fingerprint density at radius 2 is 2.05 bits per heavy atom. The fraction of sp³-hybridized carbons (Fsp3) is 0.286. The van der Waals surface area contributed by atoms with E-state index < -0.39 is 15.8 Å². The molecule has 0 saturated carbocycles. The number of hydrogen-bond donors (Lipinski definition) is 2. The van der Waals surface area contributed by atoms with E-state index in [1.54, 1.807) is 0 Å². The molecule has 0 aliphatic heterocycles. The average Bonchev–Trinajstić information content (AvgIpc) is 2.93. The maximum absolute atomic E-state index is 13.4. The molecule has 0 aliphatic carbocycles. The molecule has 0 fully saturated rings. The largest absolute Gasteiger partial charge is 0.326 e. The first kappa shape index (κ1) is 16.1. The summed E-state index contributed by atoms with van der Waals surface area (Å²) in [7, 11) is -3.68. The molecule has 1 aromatic carbocycles. The van der Waals surface area contributed by atoms with E-state index in [9.17, 15) is 12.8 Å². The maximum Gasteiger partial charge on any atom is 0.240 e. The molecule has 0 saturated heterocycles. The molecule has 7 heteroatoms. The molecule has 1 heterocycles. The van der Waals surface area contributed by atoms with Crippen LogP contribution < -0.4 is 10.5 Å². The van der Waals surface area contributed by atoms with Crippen LogP contribution in [-0.2, 0) is 29.5 Å². The molecule has 3 N–H and O–H groups in total. The number of rotatable bonds is 6. The third kappa shape index (κ3) is 3.68. The third-order valence-electron chi connectivity index (χ3n) is 3.19. The van der Waals surface area contributed by atoms with E-state index in [4.69, 9.17) is 5.73 Å². The smallest absolute Gasteiger partial charge is 0.240 e. The number of thiophene rings is 1. The van der Waals surface area contributed by atoms with Gasteiger partial charge in [-0.15, -0.1) is 11.3 Å². The van der Waals surface area contributed by atoms with Crippen LogP contribution in [0.3, 0.4) is 0 Å². The van der Waals surface area contributed by atoms with Gasteiger partial charge in [0, 0.05) is 23.5 Å². The Kier molecular flexibility index (Phi) is 5.10. The third-order valence-corrected chi connectivity index (χ3v) is 5.55. The number of halogens is 1. The lowest BCUT2D eigenvalue weighted by Gasteiger charge is -2.09. The second kappa shape index (κ2) is 6.65. The fourth-order valence-corrected chi connectivity index (χ4v) is 4.01. The van der Waals surface area contributed by atoms with Crippen molar-refractivity contribution in [2.45, 2.75) is 31.3 Å². The Hall–Kier alpha value is -1.28. The predicted molar refractivity (Wildman–Crippen MR) is 82.0 cm³/mol. The molecular weight excluding hydrogens is 311 g/mol. The second-order valence-electron chi connectivity index (χ2n) is 4.50.